The van der Waals surface area contributed by atoms with Gasteiger partial charge in [-0.2, -0.15) is 0 Å². The maximum atomic E-state index is 12.2. The second-order valence-electron chi connectivity index (χ2n) is 4.67. The lowest BCUT2D eigenvalue weighted by atomic mass is 10.1. The van der Waals surface area contributed by atoms with Gasteiger partial charge in [0.25, 0.3) is 0 Å². The van der Waals surface area contributed by atoms with Crippen LogP contribution in [0, 0.1) is 0 Å². The number of amides is 2. The number of halogens is 1. The van der Waals surface area contributed by atoms with E-state index in [0.717, 1.165) is 13.0 Å². The lowest BCUT2D eigenvalue weighted by Crippen LogP contribution is -2.51. The number of rotatable bonds is 7. The van der Waals surface area contributed by atoms with Crippen molar-refractivity contribution in [1.82, 2.24) is 15.5 Å². The zero-order valence-electron chi connectivity index (χ0n) is 12.3. The summed E-state index contributed by atoms with van der Waals surface area (Å²) in [5, 5.41) is 5.82. The van der Waals surface area contributed by atoms with Crippen LogP contribution in [0.4, 0.5) is 0 Å². The average molecular weight is 308 g/mol. The van der Waals surface area contributed by atoms with Gasteiger partial charge >= 0.3 is 0 Å². The molecular weight excluding hydrogens is 282 g/mol. The first-order valence-corrected chi connectivity index (χ1v) is 6.99. The van der Waals surface area contributed by atoms with Gasteiger partial charge in [0.15, 0.2) is 0 Å². The lowest BCUT2D eigenvalue weighted by molar-refractivity contribution is -0.140. The van der Waals surface area contributed by atoms with Crippen molar-refractivity contribution in [2.24, 2.45) is 0 Å². The molecule has 0 saturated carbocycles. The van der Waals surface area contributed by atoms with E-state index in [4.69, 9.17) is 4.74 Å². The number of hydrogen-bond donors (Lipinski definition) is 2. The smallest absolute Gasteiger partial charge is 0.245 e. The Labute approximate surface area is 127 Å². The van der Waals surface area contributed by atoms with Crippen molar-refractivity contribution in [2.45, 2.75) is 32.2 Å². The summed E-state index contributed by atoms with van der Waals surface area (Å²) >= 11 is 0. The number of nitrogens with zero attached hydrogens (tertiary/aromatic N) is 1. The molecule has 0 aliphatic carbocycles. The highest BCUT2D eigenvalue weighted by molar-refractivity contribution is 5.87. The van der Waals surface area contributed by atoms with E-state index < -0.39 is 6.04 Å². The maximum absolute atomic E-state index is 12.2. The van der Waals surface area contributed by atoms with Crippen LogP contribution >= 0.6 is 12.4 Å². The Bertz CT molecular complexity index is 297. The Morgan fingerprint density at radius 2 is 1.95 bits per heavy atom. The first kappa shape index (κ1) is 19.1. The second-order valence-corrected chi connectivity index (χ2v) is 4.67. The van der Waals surface area contributed by atoms with Crippen molar-refractivity contribution >= 4 is 24.2 Å². The van der Waals surface area contributed by atoms with Crippen LogP contribution in [0.3, 0.4) is 0 Å². The van der Waals surface area contributed by atoms with Crippen LogP contribution in [0.5, 0.6) is 0 Å². The molecule has 0 aromatic heterocycles. The third-order valence-corrected chi connectivity index (χ3v) is 3.19. The SMILES string of the molecule is CCC(NC(=O)CCCNC)C(=O)N1CCOCC1.Cl. The number of morpholine rings is 1. The maximum Gasteiger partial charge on any atom is 0.245 e. The molecule has 7 heteroatoms. The Morgan fingerprint density at radius 3 is 2.50 bits per heavy atom. The Morgan fingerprint density at radius 1 is 1.30 bits per heavy atom. The third kappa shape index (κ3) is 6.54. The minimum Gasteiger partial charge on any atom is -0.378 e. The van der Waals surface area contributed by atoms with Crippen molar-refractivity contribution < 1.29 is 14.3 Å². The van der Waals surface area contributed by atoms with Crippen molar-refractivity contribution in [3.05, 3.63) is 0 Å². The summed E-state index contributed by atoms with van der Waals surface area (Å²) in [6.45, 7) is 5.12. The standard InChI is InChI=1S/C13H25N3O3.ClH/c1-3-11(15-12(17)5-4-6-14-2)13(18)16-7-9-19-10-8-16;/h11,14H,3-10H2,1-2H3,(H,15,17);1H. The molecule has 1 aliphatic heterocycles. The van der Waals surface area contributed by atoms with Crippen molar-refractivity contribution in [3.63, 3.8) is 0 Å². The van der Waals surface area contributed by atoms with Crippen LogP contribution in [-0.2, 0) is 14.3 Å². The van der Waals surface area contributed by atoms with E-state index >= 15 is 0 Å². The van der Waals surface area contributed by atoms with Crippen molar-refractivity contribution in [3.8, 4) is 0 Å². The molecule has 1 atom stereocenters. The van der Waals surface area contributed by atoms with Crippen LogP contribution in [-0.4, -0.2) is 62.7 Å². The zero-order chi connectivity index (χ0) is 14.1. The molecule has 0 aromatic rings. The molecule has 0 radical (unpaired) electrons. The summed E-state index contributed by atoms with van der Waals surface area (Å²) in [7, 11) is 1.86. The largest absolute Gasteiger partial charge is 0.378 e. The minimum absolute atomic E-state index is 0. The first-order valence-electron chi connectivity index (χ1n) is 6.99. The number of ether oxygens (including phenoxy) is 1. The predicted molar refractivity (Wildman–Crippen MR) is 80.0 cm³/mol. The summed E-state index contributed by atoms with van der Waals surface area (Å²) in [5.74, 6) is -0.0449. The average Bonchev–Trinajstić information content (AvgIpc) is 2.45. The molecule has 1 unspecified atom stereocenters. The van der Waals surface area contributed by atoms with E-state index in [-0.39, 0.29) is 24.2 Å². The number of nitrogens with one attached hydrogen (secondary N) is 2. The van der Waals surface area contributed by atoms with E-state index in [1.54, 1.807) is 4.90 Å². The quantitative estimate of drug-likeness (QED) is 0.658. The number of carbonyl (C=O) groups is 2. The molecule has 1 heterocycles. The molecule has 1 aliphatic rings. The van der Waals surface area contributed by atoms with Gasteiger partial charge in [-0.25, -0.2) is 0 Å². The topological polar surface area (TPSA) is 70.7 Å². The normalized spacial score (nSPS) is 16.2. The highest BCUT2D eigenvalue weighted by Crippen LogP contribution is 2.04. The minimum atomic E-state index is -0.403. The molecule has 1 saturated heterocycles. The molecule has 2 amide bonds. The van der Waals surface area contributed by atoms with Crippen LogP contribution < -0.4 is 10.6 Å². The van der Waals surface area contributed by atoms with Gasteiger partial charge in [-0.15, -0.1) is 12.4 Å². The van der Waals surface area contributed by atoms with Gasteiger partial charge in [0, 0.05) is 19.5 Å². The first-order chi connectivity index (χ1) is 9.19. The summed E-state index contributed by atoms with van der Waals surface area (Å²) in [6.07, 6.45) is 1.85. The lowest BCUT2D eigenvalue weighted by Gasteiger charge is -2.30. The van der Waals surface area contributed by atoms with Crippen LogP contribution in [0.2, 0.25) is 0 Å². The Hall–Kier alpha value is -0.850. The van der Waals surface area contributed by atoms with Gasteiger partial charge in [0.05, 0.1) is 13.2 Å². The number of carbonyl (C=O) groups excluding carboxylic acids is 2. The summed E-state index contributed by atoms with van der Waals surface area (Å²) in [6, 6.07) is -0.403. The second kappa shape index (κ2) is 10.9. The summed E-state index contributed by atoms with van der Waals surface area (Å²) < 4.78 is 5.22. The van der Waals surface area contributed by atoms with Gasteiger partial charge in [-0.05, 0) is 26.4 Å². The van der Waals surface area contributed by atoms with Crippen molar-refractivity contribution in [1.29, 1.82) is 0 Å². The summed E-state index contributed by atoms with van der Waals surface area (Å²) in [5.41, 5.74) is 0. The Kier molecular flexibility index (Phi) is 10.4. The van der Waals surface area contributed by atoms with Crippen LogP contribution in [0.15, 0.2) is 0 Å². The predicted octanol–water partition coefficient (Wildman–Crippen LogP) is 0.161. The molecule has 0 spiro atoms. The third-order valence-electron chi connectivity index (χ3n) is 3.19. The molecule has 6 nitrogen and oxygen atoms in total. The van der Waals surface area contributed by atoms with Gasteiger partial charge in [0.2, 0.25) is 11.8 Å². The number of hydrogen-bond acceptors (Lipinski definition) is 4. The van der Waals surface area contributed by atoms with E-state index in [2.05, 4.69) is 10.6 Å². The molecule has 1 rings (SSSR count). The molecule has 118 valence electrons. The van der Waals surface area contributed by atoms with Crippen molar-refractivity contribution in [2.75, 3.05) is 39.9 Å². The van der Waals surface area contributed by atoms with Gasteiger partial charge in [-0.3, -0.25) is 9.59 Å². The fourth-order valence-corrected chi connectivity index (χ4v) is 2.03. The Balaban J connectivity index is 0.00000361. The molecular formula is C13H26ClN3O3. The van der Waals surface area contributed by atoms with E-state index in [0.29, 0.717) is 39.1 Å². The van der Waals surface area contributed by atoms with E-state index in [1.165, 1.54) is 0 Å². The fourth-order valence-electron chi connectivity index (χ4n) is 2.03. The molecule has 1 fully saturated rings. The zero-order valence-corrected chi connectivity index (χ0v) is 13.1. The molecule has 0 bridgehead atoms. The summed E-state index contributed by atoms with van der Waals surface area (Å²) in [4.78, 5) is 25.7. The van der Waals surface area contributed by atoms with Gasteiger partial charge in [0.1, 0.15) is 6.04 Å². The van der Waals surface area contributed by atoms with Crippen LogP contribution in [0.1, 0.15) is 26.2 Å². The molecule has 20 heavy (non-hydrogen) atoms. The van der Waals surface area contributed by atoms with Gasteiger partial charge < -0.3 is 20.3 Å². The van der Waals surface area contributed by atoms with Crippen LogP contribution in [0.25, 0.3) is 0 Å². The fraction of sp³-hybridized carbons (Fsp3) is 0.846. The van der Waals surface area contributed by atoms with E-state index in [1.807, 2.05) is 14.0 Å². The van der Waals surface area contributed by atoms with Gasteiger partial charge in [-0.1, -0.05) is 6.92 Å². The molecule has 0 aromatic carbocycles. The van der Waals surface area contributed by atoms with E-state index in [9.17, 15) is 9.59 Å². The highest BCUT2D eigenvalue weighted by atomic mass is 35.5. The highest BCUT2D eigenvalue weighted by Gasteiger charge is 2.25. The monoisotopic (exact) mass is 307 g/mol. The molecule has 2 N–H and O–H groups in total.